The summed E-state index contributed by atoms with van der Waals surface area (Å²) in [6, 6.07) is 15.5. The zero-order chi connectivity index (χ0) is 13.8. The molecular formula is C16H17IO2. The molecule has 2 aromatic carbocycles. The van der Waals surface area contributed by atoms with Gasteiger partial charge in [-0.3, -0.25) is 0 Å². The minimum Gasteiger partial charge on any atom is -0.491 e. The lowest BCUT2D eigenvalue weighted by Crippen LogP contribution is -2.10. The summed E-state index contributed by atoms with van der Waals surface area (Å²) in [5.74, 6) is 0.740. The van der Waals surface area contributed by atoms with Crippen molar-refractivity contribution in [2.24, 2.45) is 0 Å². The summed E-state index contributed by atoms with van der Waals surface area (Å²) in [4.78, 5) is 0. The first-order valence-corrected chi connectivity index (χ1v) is 7.35. The van der Waals surface area contributed by atoms with E-state index in [2.05, 4.69) is 22.6 Å². The molecule has 0 aliphatic heterocycles. The Kier molecular flexibility index (Phi) is 4.82. The Morgan fingerprint density at radius 2 is 1.53 bits per heavy atom. The third-order valence-corrected chi connectivity index (χ3v) is 3.76. The first-order valence-electron chi connectivity index (χ1n) is 6.27. The van der Waals surface area contributed by atoms with Gasteiger partial charge >= 0.3 is 0 Å². The number of halogens is 1. The number of para-hydroxylation sites is 1. The summed E-state index contributed by atoms with van der Waals surface area (Å²) in [5, 5.41) is 10.6. The van der Waals surface area contributed by atoms with Crippen LogP contribution in [-0.4, -0.2) is 11.2 Å². The highest BCUT2D eigenvalue weighted by Gasteiger charge is 2.17. The molecule has 0 spiro atoms. The van der Waals surface area contributed by atoms with Crippen LogP contribution in [0.2, 0.25) is 0 Å². The maximum atomic E-state index is 10.6. The number of hydrogen-bond donors (Lipinski definition) is 1. The maximum Gasteiger partial charge on any atom is 0.125 e. The summed E-state index contributed by atoms with van der Waals surface area (Å²) in [6.45, 7) is 3.96. The summed E-state index contributed by atoms with van der Waals surface area (Å²) in [7, 11) is 0. The largest absolute Gasteiger partial charge is 0.491 e. The van der Waals surface area contributed by atoms with Gasteiger partial charge in [-0.25, -0.2) is 0 Å². The third kappa shape index (κ3) is 3.48. The average molecular weight is 368 g/mol. The van der Waals surface area contributed by atoms with Crippen LogP contribution in [0.15, 0.2) is 48.5 Å². The van der Waals surface area contributed by atoms with Crippen LogP contribution in [-0.2, 0) is 0 Å². The number of hydrogen-bond acceptors (Lipinski definition) is 2. The monoisotopic (exact) mass is 368 g/mol. The Hall–Kier alpha value is -1.07. The molecule has 0 saturated heterocycles. The normalized spacial score (nSPS) is 12.5. The fraction of sp³-hybridized carbons (Fsp3) is 0.250. The highest BCUT2D eigenvalue weighted by Crippen LogP contribution is 2.32. The highest BCUT2D eigenvalue weighted by atomic mass is 127. The van der Waals surface area contributed by atoms with E-state index in [0.29, 0.717) is 0 Å². The summed E-state index contributed by atoms with van der Waals surface area (Å²) < 4.78 is 6.81. The van der Waals surface area contributed by atoms with Gasteiger partial charge in [0.1, 0.15) is 11.9 Å². The number of aliphatic hydroxyl groups is 1. The van der Waals surface area contributed by atoms with Crippen molar-refractivity contribution in [1.82, 2.24) is 0 Å². The minimum absolute atomic E-state index is 0.0863. The molecular weight excluding hydrogens is 351 g/mol. The second-order valence-corrected chi connectivity index (χ2v) is 5.79. The smallest absolute Gasteiger partial charge is 0.125 e. The van der Waals surface area contributed by atoms with E-state index in [0.717, 1.165) is 20.4 Å². The maximum absolute atomic E-state index is 10.6. The number of aliphatic hydroxyl groups excluding tert-OH is 1. The van der Waals surface area contributed by atoms with Gasteiger partial charge < -0.3 is 9.84 Å². The predicted octanol–water partition coefficient (Wildman–Crippen LogP) is 4.16. The Bertz CT molecular complexity index is 552. The lowest BCUT2D eigenvalue weighted by Gasteiger charge is -2.19. The molecule has 100 valence electrons. The molecule has 3 heteroatoms. The molecule has 0 radical (unpaired) electrons. The molecule has 0 aliphatic carbocycles. The minimum atomic E-state index is -0.664. The second kappa shape index (κ2) is 6.39. The van der Waals surface area contributed by atoms with Crippen LogP contribution >= 0.6 is 22.6 Å². The van der Waals surface area contributed by atoms with Crippen molar-refractivity contribution in [2.45, 2.75) is 26.1 Å². The van der Waals surface area contributed by atoms with Crippen LogP contribution in [0, 0.1) is 3.57 Å². The van der Waals surface area contributed by atoms with Gasteiger partial charge in [-0.2, -0.15) is 0 Å². The summed E-state index contributed by atoms with van der Waals surface area (Å²) in [5.41, 5.74) is 1.71. The van der Waals surface area contributed by atoms with Gasteiger partial charge in [-0.05, 0) is 54.1 Å². The number of rotatable bonds is 4. The molecule has 0 amide bonds. The van der Waals surface area contributed by atoms with Crippen LogP contribution < -0.4 is 4.74 Å². The molecule has 2 nitrogen and oxygen atoms in total. The average Bonchev–Trinajstić information content (AvgIpc) is 2.38. The Morgan fingerprint density at radius 3 is 2.16 bits per heavy atom. The lowest BCUT2D eigenvalue weighted by atomic mass is 10.0. The van der Waals surface area contributed by atoms with Gasteiger partial charge in [0.25, 0.3) is 0 Å². The molecule has 0 fully saturated rings. The van der Waals surface area contributed by atoms with Crippen molar-refractivity contribution in [1.29, 1.82) is 0 Å². The molecule has 0 aliphatic rings. The van der Waals surface area contributed by atoms with E-state index < -0.39 is 6.10 Å². The summed E-state index contributed by atoms with van der Waals surface area (Å²) >= 11 is 2.24. The topological polar surface area (TPSA) is 29.5 Å². The van der Waals surface area contributed by atoms with Crippen LogP contribution in [0.3, 0.4) is 0 Å². The van der Waals surface area contributed by atoms with Crippen LogP contribution in [0.4, 0.5) is 0 Å². The van der Waals surface area contributed by atoms with E-state index in [1.54, 1.807) is 0 Å². The molecule has 1 N–H and O–H groups in total. The third-order valence-electron chi connectivity index (χ3n) is 2.78. The molecule has 1 atom stereocenters. The number of benzene rings is 2. The highest BCUT2D eigenvalue weighted by molar-refractivity contribution is 14.1. The van der Waals surface area contributed by atoms with E-state index >= 15 is 0 Å². The predicted molar refractivity (Wildman–Crippen MR) is 85.4 cm³/mol. The molecule has 0 saturated carbocycles. The Labute approximate surface area is 127 Å². The fourth-order valence-corrected chi connectivity index (χ4v) is 2.61. The van der Waals surface area contributed by atoms with E-state index in [1.165, 1.54) is 0 Å². The molecule has 0 aromatic heterocycles. The van der Waals surface area contributed by atoms with E-state index in [4.69, 9.17) is 4.74 Å². The molecule has 19 heavy (non-hydrogen) atoms. The van der Waals surface area contributed by atoms with E-state index in [-0.39, 0.29) is 6.10 Å². The quantitative estimate of drug-likeness (QED) is 0.822. The van der Waals surface area contributed by atoms with Crippen molar-refractivity contribution in [3.8, 4) is 5.75 Å². The first-order chi connectivity index (χ1) is 9.09. The van der Waals surface area contributed by atoms with Gasteiger partial charge in [0.15, 0.2) is 0 Å². The fourth-order valence-electron chi connectivity index (χ4n) is 1.93. The molecule has 0 bridgehead atoms. The van der Waals surface area contributed by atoms with Gasteiger partial charge in [-0.15, -0.1) is 0 Å². The van der Waals surface area contributed by atoms with Crippen LogP contribution in [0.5, 0.6) is 5.75 Å². The van der Waals surface area contributed by atoms with Crippen molar-refractivity contribution >= 4 is 22.6 Å². The van der Waals surface area contributed by atoms with Gasteiger partial charge in [0.2, 0.25) is 0 Å². The van der Waals surface area contributed by atoms with Crippen LogP contribution in [0.25, 0.3) is 0 Å². The Morgan fingerprint density at radius 1 is 0.947 bits per heavy atom. The Balaban J connectivity index is 2.39. The zero-order valence-electron chi connectivity index (χ0n) is 11.0. The van der Waals surface area contributed by atoms with Crippen LogP contribution in [0.1, 0.15) is 31.1 Å². The van der Waals surface area contributed by atoms with Gasteiger partial charge in [0, 0.05) is 9.13 Å². The second-order valence-electron chi connectivity index (χ2n) is 4.63. The van der Waals surface area contributed by atoms with E-state index in [9.17, 15) is 5.11 Å². The van der Waals surface area contributed by atoms with E-state index in [1.807, 2.05) is 62.4 Å². The van der Waals surface area contributed by atoms with Crippen molar-refractivity contribution in [3.63, 3.8) is 0 Å². The standard InChI is InChI=1S/C16H17IO2/c1-11(2)19-15-10-6-4-8-13(15)16(18)12-7-3-5-9-14(12)17/h3-11,16,18H,1-2H3. The molecule has 2 rings (SSSR count). The lowest BCUT2D eigenvalue weighted by molar-refractivity contribution is 0.197. The number of ether oxygens (including phenoxy) is 1. The SMILES string of the molecule is CC(C)Oc1ccccc1C(O)c1ccccc1I. The molecule has 2 aromatic rings. The zero-order valence-corrected chi connectivity index (χ0v) is 13.2. The van der Waals surface area contributed by atoms with Gasteiger partial charge in [-0.1, -0.05) is 36.4 Å². The van der Waals surface area contributed by atoms with Crippen molar-refractivity contribution in [3.05, 3.63) is 63.2 Å². The molecule has 0 heterocycles. The summed E-state index contributed by atoms with van der Waals surface area (Å²) in [6.07, 6.45) is -0.578. The van der Waals surface area contributed by atoms with Crippen molar-refractivity contribution in [2.75, 3.05) is 0 Å². The van der Waals surface area contributed by atoms with Gasteiger partial charge in [0.05, 0.1) is 6.10 Å². The first kappa shape index (κ1) is 14.3. The van der Waals surface area contributed by atoms with Crippen molar-refractivity contribution < 1.29 is 9.84 Å². The molecule has 1 unspecified atom stereocenters.